The van der Waals surface area contributed by atoms with Crippen molar-refractivity contribution >= 4 is 23.4 Å². The average Bonchev–Trinajstić information content (AvgIpc) is 3.59. The van der Waals surface area contributed by atoms with E-state index in [0.29, 0.717) is 37.7 Å². The molecular weight excluding hydrogens is 526 g/mol. The van der Waals surface area contributed by atoms with Crippen LogP contribution in [0.2, 0.25) is 0 Å². The number of carbonyl (C=O) groups is 1. The topological polar surface area (TPSA) is 84.1 Å². The Balaban J connectivity index is 1.52. The van der Waals surface area contributed by atoms with Gasteiger partial charge in [-0.2, -0.15) is 0 Å². The Hall–Kier alpha value is -4.37. The molecule has 40 heavy (non-hydrogen) atoms. The highest BCUT2D eigenvalue weighted by atomic mass is 32.1. The number of hydrogen-bond acceptors (Lipinski definition) is 7. The maximum Gasteiger partial charge on any atom is 0.338 e. The lowest BCUT2D eigenvalue weighted by atomic mass is 9.95. The van der Waals surface area contributed by atoms with Gasteiger partial charge in [-0.25, -0.2) is 9.79 Å². The first-order valence-electron chi connectivity index (χ1n) is 13.1. The van der Waals surface area contributed by atoms with Crippen molar-refractivity contribution in [2.24, 2.45) is 4.99 Å². The summed E-state index contributed by atoms with van der Waals surface area (Å²) in [7, 11) is 0. The summed E-state index contributed by atoms with van der Waals surface area (Å²) in [6.45, 7) is 10.0. The molecule has 0 N–H and O–H groups in total. The second-order valence-corrected chi connectivity index (χ2v) is 10.9. The van der Waals surface area contributed by atoms with Crippen molar-refractivity contribution in [3.05, 3.63) is 108 Å². The van der Waals surface area contributed by atoms with Gasteiger partial charge >= 0.3 is 5.97 Å². The van der Waals surface area contributed by atoms with Crippen LogP contribution < -0.4 is 24.4 Å². The Labute approximate surface area is 235 Å². The second kappa shape index (κ2) is 9.98. The molecule has 0 bridgehead atoms. The first-order chi connectivity index (χ1) is 19.3. The van der Waals surface area contributed by atoms with Crippen LogP contribution in [0.1, 0.15) is 48.0 Å². The fourth-order valence-electron chi connectivity index (χ4n) is 5.36. The summed E-state index contributed by atoms with van der Waals surface area (Å²) in [4.78, 5) is 32.4. The fraction of sp³-hybridized carbons (Fsp3) is 0.258. The molecule has 204 valence electrons. The van der Waals surface area contributed by atoms with Crippen LogP contribution in [0.25, 0.3) is 11.8 Å². The van der Waals surface area contributed by atoms with E-state index in [1.54, 1.807) is 24.5 Å². The van der Waals surface area contributed by atoms with Gasteiger partial charge in [0.15, 0.2) is 16.3 Å². The van der Waals surface area contributed by atoms with E-state index in [1.807, 2.05) is 25.1 Å². The number of rotatable bonds is 5. The van der Waals surface area contributed by atoms with Crippen molar-refractivity contribution in [2.45, 2.75) is 40.7 Å². The Morgan fingerprint density at radius 1 is 1.07 bits per heavy atom. The summed E-state index contributed by atoms with van der Waals surface area (Å²) in [6, 6.07) is 15.2. The number of aromatic nitrogens is 2. The van der Waals surface area contributed by atoms with Gasteiger partial charge < -0.3 is 18.8 Å². The van der Waals surface area contributed by atoms with Crippen LogP contribution >= 0.6 is 11.3 Å². The normalized spacial score (nSPS) is 16.2. The molecule has 4 aromatic rings. The number of nitrogens with zero attached hydrogens (tertiary/aromatic N) is 3. The first-order valence-corrected chi connectivity index (χ1v) is 13.9. The van der Waals surface area contributed by atoms with E-state index in [0.717, 1.165) is 22.6 Å². The molecule has 2 aliphatic rings. The van der Waals surface area contributed by atoms with Crippen molar-refractivity contribution < 1.29 is 19.0 Å². The zero-order valence-electron chi connectivity index (χ0n) is 23.0. The minimum atomic E-state index is -0.716. The third kappa shape index (κ3) is 4.26. The van der Waals surface area contributed by atoms with E-state index in [2.05, 4.69) is 53.7 Å². The highest BCUT2D eigenvalue weighted by Gasteiger charge is 2.34. The van der Waals surface area contributed by atoms with Gasteiger partial charge in [-0.05, 0) is 82.2 Å². The predicted octanol–water partition coefficient (Wildman–Crippen LogP) is 4.24. The molecule has 4 heterocycles. The molecule has 0 aliphatic carbocycles. The molecule has 0 saturated carbocycles. The smallest absolute Gasteiger partial charge is 0.338 e. The van der Waals surface area contributed by atoms with Gasteiger partial charge in [0.2, 0.25) is 6.79 Å². The van der Waals surface area contributed by atoms with Gasteiger partial charge in [0.05, 0.1) is 28.5 Å². The monoisotopic (exact) mass is 555 g/mol. The second-order valence-electron chi connectivity index (χ2n) is 9.91. The quantitative estimate of drug-likeness (QED) is 0.344. The van der Waals surface area contributed by atoms with Crippen LogP contribution in [0.4, 0.5) is 0 Å². The highest BCUT2D eigenvalue weighted by Crippen LogP contribution is 2.38. The minimum Gasteiger partial charge on any atom is -0.463 e. The van der Waals surface area contributed by atoms with Gasteiger partial charge in [0.25, 0.3) is 5.56 Å². The minimum absolute atomic E-state index is 0.127. The molecule has 2 aliphatic heterocycles. The van der Waals surface area contributed by atoms with Crippen LogP contribution in [0.5, 0.6) is 11.5 Å². The first kappa shape index (κ1) is 25.9. The zero-order valence-corrected chi connectivity index (χ0v) is 23.8. The Morgan fingerprint density at radius 2 is 1.82 bits per heavy atom. The molecule has 0 amide bonds. The molecule has 6 rings (SSSR count). The number of carbonyl (C=O) groups excluding carboxylic acids is 1. The average molecular weight is 556 g/mol. The van der Waals surface area contributed by atoms with E-state index in [-0.39, 0.29) is 19.0 Å². The molecule has 1 atom stereocenters. The van der Waals surface area contributed by atoms with Crippen LogP contribution in [-0.2, 0) is 9.53 Å². The van der Waals surface area contributed by atoms with Crippen molar-refractivity contribution in [3.63, 3.8) is 0 Å². The lowest BCUT2D eigenvalue weighted by Gasteiger charge is -2.24. The van der Waals surface area contributed by atoms with Crippen molar-refractivity contribution in [3.8, 4) is 17.2 Å². The van der Waals surface area contributed by atoms with E-state index in [9.17, 15) is 9.59 Å². The fourth-order valence-corrected chi connectivity index (χ4v) is 6.39. The molecule has 9 heteroatoms. The Morgan fingerprint density at radius 3 is 2.58 bits per heavy atom. The number of hydrogen-bond donors (Lipinski definition) is 0. The molecule has 0 fully saturated rings. The lowest BCUT2D eigenvalue weighted by molar-refractivity contribution is -0.139. The zero-order chi connectivity index (χ0) is 28.1. The number of fused-ring (bicyclic) bond motifs is 2. The number of benzene rings is 2. The summed E-state index contributed by atoms with van der Waals surface area (Å²) in [5.41, 5.74) is 6.66. The molecule has 0 saturated heterocycles. The van der Waals surface area contributed by atoms with Crippen LogP contribution in [0.3, 0.4) is 0 Å². The molecule has 2 aromatic heterocycles. The van der Waals surface area contributed by atoms with Gasteiger partial charge in [-0.1, -0.05) is 35.1 Å². The molecule has 0 spiro atoms. The standard InChI is InChI=1S/C31H29N3O5S/c1-6-37-30(36)27-19(4)32-31-34(28(27)21-9-12-24-25(14-21)39-16-38-24)29(35)26(40-31)15-22-13-18(3)33(20(22)5)23-10-7-17(2)8-11-23/h7-15,28H,6,16H2,1-5H3/b26-15+. The summed E-state index contributed by atoms with van der Waals surface area (Å²) in [5.74, 6) is 0.696. The lowest BCUT2D eigenvalue weighted by Crippen LogP contribution is -2.39. The predicted molar refractivity (Wildman–Crippen MR) is 153 cm³/mol. The van der Waals surface area contributed by atoms with Crippen molar-refractivity contribution in [1.29, 1.82) is 0 Å². The molecule has 0 radical (unpaired) electrons. The van der Waals surface area contributed by atoms with Crippen molar-refractivity contribution in [2.75, 3.05) is 13.4 Å². The molecule has 1 unspecified atom stereocenters. The van der Waals surface area contributed by atoms with Gasteiger partial charge in [-0.15, -0.1) is 0 Å². The molecular formula is C31H29N3O5S. The van der Waals surface area contributed by atoms with Crippen molar-refractivity contribution in [1.82, 2.24) is 9.13 Å². The highest BCUT2D eigenvalue weighted by molar-refractivity contribution is 7.07. The number of thiazole rings is 1. The summed E-state index contributed by atoms with van der Waals surface area (Å²) < 4.78 is 20.8. The Kier molecular flexibility index (Phi) is 6.46. The number of ether oxygens (including phenoxy) is 3. The maximum atomic E-state index is 14.0. The summed E-state index contributed by atoms with van der Waals surface area (Å²) >= 11 is 1.31. The van der Waals surface area contributed by atoms with Crippen LogP contribution in [-0.4, -0.2) is 28.5 Å². The third-order valence-corrected chi connectivity index (χ3v) is 8.26. The number of allylic oxidation sites excluding steroid dienone is 1. The van der Waals surface area contributed by atoms with Gasteiger partial charge in [0, 0.05) is 17.1 Å². The summed E-state index contributed by atoms with van der Waals surface area (Å²) in [6.07, 6.45) is 1.91. The maximum absolute atomic E-state index is 14.0. The van der Waals surface area contributed by atoms with E-state index in [4.69, 9.17) is 14.2 Å². The van der Waals surface area contributed by atoms with Gasteiger partial charge in [-0.3, -0.25) is 9.36 Å². The van der Waals surface area contributed by atoms with Gasteiger partial charge in [0.1, 0.15) is 0 Å². The Bertz CT molecular complexity index is 1880. The van der Waals surface area contributed by atoms with Crippen LogP contribution in [0, 0.1) is 20.8 Å². The number of aryl methyl sites for hydroxylation is 2. The number of esters is 1. The molecule has 2 aromatic carbocycles. The molecule has 8 nitrogen and oxygen atoms in total. The van der Waals surface area contributed by atoms with E-state index in [1.165, 1.54) is 16.9 Å². The SMILES string of the molecule is CCOC(=O)C1=C(C)N=c2s/c(=C/c3cc(C)n(-c4ccc(C)cc4)c3C)c(=O)n2C1c1ccc2c(c1)OCO2. The summed E-state index contributed by atoms with van der Waals surface area (Å²) in [5, 5.41) is 0. The van der Waals surface area contributed by atoms with Crippen LogP contribution in [0.15, 0.2) is 69.6 Å². The largest absolute Gasteiger partial charge is 0.463 e. The van der Waals surface area contributed by atoms with E-state index < -0.39 is 12.0 Å². The third-order valence-electron chi connectivity index (χ3n) is 7.28. The van der Waals surface area contributed by atoms with E-state index >= 15 is 0 Å².